The second-order valence-electron chi connectivity index (χ2n) is 6.24. The van der Waals surface area contributed by atoms with Gasteiger partial charge in [-0.05, 0) is 56.5 Å². The maximum absolute atomic E-state index is 12.6. The SMILES string of the molecule is CCCn1nnc2cc(C(=O)Nc3c(C)cc(C)cc3C)ccc21. The van der Waals surface area contributed by atoms with Gasteiger partial charge in [0.2, 0.25) is 0 Å². The van der Waals surface area contributed by atoms with Crippen LogP contribution in [0, 0.1) is 20.8 Å². The zero-order valence-corrected chi connectivity index (χ0v) is 14.6. The molecule has 5 heteroatoms. The molecule has 124 valence electrons. The number of hydrogen-bond acceptors (Lipinski definition) is 3. The van der Waals surface area contributed by atoms with Crippen molar-refractivity contribution < 1.29 is 4.79 Å². The third-order valence-corrected chi connectivity index (χ3v) is 4.13. The molecule has 0 spiro atoms. The molecule has 0 aliphatic heterocycles. The molecule has 0 fully saturated rings. The molecule has 24 heavy (non-hydrogen) atoms. The number of benzene rings is 2. The van der Waals surface area contributed by atoms with Gasteiger partial charge in [0.1, 0.15) is 5.52 Å². The highest BCUT2D eigenvalue weighted by Gasteiger charge is 2.13. The van der Waals surface area contributed by atoms with Crippen LogP contribution in [-0.4, -0.2) is 20.9 Å². The number of carbonyl (C=O) groups is 1. The first-order valence-electron chi connectivity index (χ1n) is 8.22. The maximum atomic E-state index is 12.6. The van der Waals surface area contributed by atoms with Gasteiger partial charge in [-0.15, -0.1) is 5.10 Å². The Labute approximate surface area is 141 Å². The van der Waals surface area contributed by atoms with E-state index in [9.17, 15) is 4.79 Å². The number of aromatic nitrogens is 3. The van der Waals surface area contributed by atoms with Crippen LogP contribution in [0.25, 0.3) is 11.0 Å². The average Bonchev–Trinajstić information content (AvgIpc) is 2.93. The minimum absolute atomic E-state index is 0.128. The van der Waals surface area contributed by atoms with E-state index >= 15 is 0 Å². The van der Waals surface area contributed by atoms with Gasteiger partial charge in [0.25, 0.3) is 5.91 Å². The number of nitrogens with zero attached hydrogens (tertiary/aromatic N) is 3. The maximum Gasteiger partial charge on any atom is 0.255 e. The molecule has 1 aromatic heterocycles. The molecular formula is C19H22N4O. The van der Waals surface area contributed by atoms with Gasteiger partial charge in [-0.1, -0.05) is 29.8 Å². The van der Waals surface area contributed by atoms with Gasteiger partial charge in [0.05, 0.1) is 5.52 Å². The first-order chi connectivity index (χ1) is 11.5. The van der Waals surface area contributed by atoms with Gasteiger partial charge in [-0.3, -0.25) is 4.79 Å². The summed E-state index contributed by atoms with van der Waals surface area (Å²) in [5.41, 5.74) is 6.49. The first kappa shape index (κ1) is 16.2. The van der Waals surface area contributed by atoms with Crippen LogP contribution >= 0.6 is 0 Å². The molecule has 1 heterocycles. The van der Waals surface area contributed by atoms with Crippen molar-refractivity contribution in [1.29, 1.82) is 0 Å². The number of fused-ring (bicyclic) bond motifs is 1. The molecule has 0 atom stereocenters. The molecule has 3 rings (SSSR count). The zero-order chi connectivity index (χ0) is 17.3. The van der Waals surface area contributed by atoms with Crippen LogP contribution in [0.4, 0.5) is 5.69 Å². The van der Waals surface area contributed by atoms with Crippen LogP contribution in [-0.2, 0) is 6.54 Å². The van der Waals surface area contributed by atoms with Gasteiger partial charge >= 0.3 is 0 Å². The molecule has 0 aliphatic carbocycles. The van der Waals surface area contributed by atoms with Crippen LogP contribution in [0.5, 0.6) is 0 Å². The summed E-state index contributed by atoms with van der Waals surface area (Å²) in [7, 11) is 0. The van der Waals surface area contributed by atoms with Gasteiger partial charge in [-0.2, -0.15) is 0 Å². The Kier molecular flexibility index (Phi) is 4.34. The summed E-state index contributed by atoms with van der Waals surface area (Å²) in [4.78, 5) is 12.6. The van der Waals surface area contributed by atoms with Crippen molar-refractivity contribution in [2.45, 2.75) is 40.7 Å². The highest BCUT2D eigenvalue weighted by molar-refractivity contribution is 6.06. The van der Waals surface area contributed by atoms with Crippen LogP contribution in [0.3, 0.4) is 0 Å². The summed E-state index contributed by atoms with van der Waals surface area (Å²) >= 11 is 0. The topological polar surface area (TPSA) is 59.8 Å². The molecule has 1 N–H and O–H groups in total. The smallest absolute Gasteiger partial charge is 0.255 e. The van der Waals surface area contributed by atoms with E-state index in [2.05, 4.69) is 41.6 Å². The summed E-state index contributed by atoms with van der Waals surface area (Å²) in [6.07, 6.45) is 0.993. The highest BCUT2D eigenvalue weighted by atomic mass is 16.1. The minimum atomic E-state index is -0.128. The fourth-order valence-corrected chi connectivity index (χ4v) is 3.05. The van der Waals surface area contributed by atoms with E-state index in [1.807, 2.05) is 30.7 Å². The highest BCUT2D eigenvalue weighted by Crippen LogP contribution is 2.23. The Morgan fingerprint density at radius 2 is 1.83 bits per heavy atom. The number of nitrogens with one attached hydrogen (secondary N) is 1. The van der Waals surface area contributed by atoms with Gasteiger partial charge < -0.3 is 5.32 Å². The Bertz CT molecular complexity index is 888. The third-order valence-electron chi connectivity index (χ3n) is 4.13. The van der Waals surface area contributed by atoms with Crippen LogP contribution in [0.2, 0.25) is 0 Å². The van der Waals surface area contributed by atoms with E-state index in [0.717, 1.165) is 40.8 Å². The predicted octanol–water partition coefficient (Wildman–Crippen LogP) is 4.02. The Hall–Kier alpha value is -2.69. The number of hydrogen-bond donors (Lipinski definition) is 1. The molecule has 0 aliphatic rings. The number of anilines is 1. The van der Waals surface area contributed by atoms with Gasteiger partial charge in [0.15, 0.2) is 0 Å². The Morgan fingerprint density at radius 1 is 1.12 bits per heavy atom. The second kappa shape index (κ2) is 6.43. The third kappa shape index (κ3) is 3.02. The number of amides is 1. The molecule has 0 radical (unpaired) electrons. The standard InChI is InChI=1S/C19H22N4O/c1-5-8-23-17-7-6-15(11-16(17)21-22-23)19(24)20-18-13(3)9-12(2)10-14(18)4/h6-7,9-11H,5,8H2,1-4H3,(H,20,24). The van der Waals surface area contributed by atoms with E-state index in [0.29, 0.717) is 5.56 Å². The molecule has 3 aromatic rings. The van der Waals surface area contributed by atoms with E-state index in [1.54, 1.807) is 6.07 Å². The quantitative estimate of drug-likeness (QED) is 0.789. The molecule has 0 saturated heterocycles. The van der Waals surface area contributed by atoms with Crippen molar-refractivity contribution in [1.82, 2.24) is 15.0 Å². The fraction of sp³-hybridized carbons (Fsp3) is 0.316. The van der Waals surface area contributed by atoms with Crippen molar-refractivity contribution in [2.24, 2.45) is 0 Å². The minimum Gasteiger partial charge on any atom is -0.322 e. The van der Waals surface area contributed by atoms with Crippen LogP contribution in [0.1, 0.15) is 40.4 Å². The molecule has 0 bridgehead atoms. The lowest BCUT2D eigenvalue weighted by Gasteiger charge is -2.13. The monoisotopic (exact) mass is 322 g/mol. The van der Waals surface area contributed by atoms with E-state index in [1.165, 1.54) is 5.56 Å². The predicted molar refractivity (Wildman–Crippen MR) is 96.4 cm³/mol. The molecule has 5 nitrogen and oxygen atoms in total. The largest absolute Gasteiger partial charge is 0.322 e. The normalized spacial score (nSPS) is 11.0. The van der Waals surface area contributed by atoms with Crippen molar-refractivity contribution in [3.8, 4) is 0 Å². The zero-order valence-electron chi connectivity index (χ0n) is 14.6. The van der Waals surface area contributed by atoms with Crippen molar-refractivity contribution >= 4 is 22.6 Å². The fourth-order valence-electron chi connectivity index (χ4n) is 3.05. The van der Waals surface area contributed by atoms with Gasteiger partial charge in [-0.25, -0.2) is 4.68 Å². The molecular weight excluding hydrogens is 300 g/mol. The van der Waals surface area contributed by atoms with Crippen molar-refractivity contribution in [2.75, 3.05) is 5.32 Å². The summed E-state index contributed by atoms with van der Waals surface area (Å²) in [6.45, 7) is 8.99. The van der Waals surface area contributed by atoms with E-state index in [-0.39, 0.29) is 5.91 Å². The molecule has 0 unspecified atom stereocenters. The summed E-state index contributed by atoms with van der Waals surface area (Å²) < 4.78 is 1.87. The average molecular weight is 322 g/mol. The lowest BCUT2D eigenvalue weighted by Crippen LogP contribution is -2.14. The summed E-state index contributed by atoms with van der Waals surface area (Å²) in [6, 6.07) is 9.67. The summed E-state index contributed by atoms with van der Waals surface area (Å²) in [5.74, 6) is -0.128. The van der Waals surface area contributed by atoms with E-state index < -0.39 is 0 Å². The number of rotatable bonds is 4. The van der Waals surface area contributed by atoms with Crippen LogP contribution in [0.15, 0.2) is 30.3 Å². The van der Waals surface area contributed by atoms with Crippen molar-refractivity contribution in [3.63, 3.8) is 0 Å². The van der Waals surface area contributed by atoms with E-state index in [4.69, 9.17) is 0 Å². The molecule has 0 saturated carbocycles. The summed E-state index contributed by atoms with van der Waals surface area (Å²) in [5, 5.41) is 11.3. The van der Waals surface area contributed by atoms with Crippen molar-refractivity contribution in [3.05, 3.63) is 52.6 Å². The first-order valence-corrected chi connectivity index (χ1v) is 8.22. The Balaban J connectivity index is 1.89. The lowest BCUT2D eigenvalue weighted by atomic mass is 10.0. The molecule has 1 amide bonds. The van der Waals surface area contributed by atoms with Gasteiger partial charge in [0, 0.05) is 17.8 Å². The Morgan fingerprint density at radius 3 is 2.50 bits per heavy atom. The number of aryl methyl sites for hydroxylation is 4. The lowest BCUT2D eigenvalue weighted by molar-refractivity contribution is 0.102. The molecule has 2 aromatic carbocycles. The second-order valence-corrected chi connectivity index (χ2v) is 6.24. The van der Waals surface area contributed by atoms with Crippen LogP contribution < -0.4 is 5.32 Å². The number of carbonyl (C=O) groups excluding carboxylic acids is 1.